The van der Waals surface area contributed by atoms with E-state index >= 15 is 0 Å². The normalized spacial score (nSPS) is 43.1. The second-order valence-corrected chi connectivity index (χ2v) is 12.8. The number of rotatable bonds is 3. The lowest BCUT2D eigenvalue weighted by Gasteiger charge is -2.57. The summed E-state index contributed by atoms with van der Waals surface area (Å²) in [5.41, 5.74) is 1.77. The molecule has 1 aromatic heterocycles. The topological polar surface area (TPSA) is 41.6 Å². The summed E-state index contributed by atoms with van der Waals surface area (Å²) < 4.78 is 1.96. The molecule has 1 aromatic rings. The largest absolute Gasteiger partial charge is 0.261 e. The van der Waals surface area contributed by atoms with Crippen molar-refractivity contribution < 1.29 is 0 Å². The molecule has 158 valence electrons. The highest BCUT2D eigenvalue weighted by atomic mass is 32.2. The standard InChI is InChI=1S/C25H37N3S/c1-24(2)10-8-19-18(12-24)4-5-21-20(19)9-11-25(3)22(21)6-7-23(25)29-16-28-15-17(13-26)14-27-28/h14-15,18-23H,4-12,16H2,1-3H3/t18-,19+,20-,21-,22+,23+,25+/m1/s1. The molecule has 0 amide bonds. The van der Waals surface area contributed by atoms with Gasteiger partial charge in [-0.05, 0) is 98.2 Å². The van der Waals surface area contributed by atoms with Crippen LogP contribution in [0.3, 0.4) is 0 Å². The maximum atomic E-state index is 9.04. The summed E-state index contributed by atoms with van der Waals surface area (Å²) in [7, 11) is 0. The molecule has 4 heteroatoms. The number of thioether (sulfide) groups is 1. The van der Waals surface area contributed by atoms with Crippen LogP contribution >= 0.6 is 11.8 Å². The van der Waals surface area contributed by atoms with Crippen LogP contribution in [0.4, 0.5) is 0 Å². The first kappa shape index (κ1) is 20.0. The Morgan fingerprint density at radius 2 is 1.90 bits per heavy atom. The average Bonchev–Trinajstić information content (AvgIpc) is 3.29. The number of fused-ring (bicyclic) bond motifs is 5. The van der Waals surface area contributed by atoms with E-state index in [1.807, 2.05) is 10.9 Å². The van der Waals surface area contributed by atoms with Crippen LogP contribution in [0.15, 0.2) is 12.4 Å². The minimum atomic E-state index is 0.512. The Morgan fingerprint density at radius 1 is 1.07 bits per heavy atom. The minimum Gasteiger partial charge on any atom is -0.261 e. The molecule has 29 heavy (non-hydrogen) atoms. The molecule has 4 aliphatic carbocycles. The maximum absolute atomic E-state index is 9.04. The fourth-order valence-electron chi connectivity index (χ4n) is 8.19. The Morgan fingerprint density at radius 3 is 2.69 bits per heavy atom. The van der Waals surface area contributed by atoms with E-state index in [0.717, 1.165) is 40.7 Å². The molecule has 4 fully saturated rings. The molecular formula is C25H37N3S. The summed E-state index contributed by atoms with van der Waals surface area (Å²) in [6, 6.07) is 2.19. The molecule has 0 aliphatic heterocycles. The Labute approximate surface area is 181 Å². The van der Waals surface area contributed by atoms with Gasteiger partial charge in [0.2, 0.25) is 0 Å². The Kier molecular flexibility index (Phi) is 5.05. The zero-order valence-corrected chi connectivity index (χ0v) is 19.3. The maximum Gasteiger partial charge on any atom is 0.102 e. The van der Waals surface area contributed by atoms with Gasteiger partial charge in [0.1, 0.15) is 6.07 Å². The van der Waals surface area contributed by atoms with Crippen molar-refractivity contribution in [3.63, 3.8) is 0 Å². The molecule has 5 rings (SSSR count). The van der Waals surface area contributed by atoms with Gasteiger partial charge in [-0.3, -0.25) is 4.68 Å². The second-order valence-electron chi connectivity index (χ2n) is 11.6. The number of hydrogen-bond acceptors (Lipinski definition) is 3. The van der Waals surface area contributed by atoms with E-state index in [2.05, 4.69) is 43.7 Å². The zero-order valence-electron chi connectivity index (χ0n) is 18.4. The molecule has 0 bridgehead atoms. The molecule has 0 unspecified atom stereocenters. The highest BCUT2D eigenvalue weighted by Gasteiger charge is 2.57. The van der Waals surface area contributed by atoms with E-state index < -0.39 is 0 Å². The highest BCUT2D eigenvalue weighted by molar-refractivity contribution is 7.99. The third-order valence-corrected chi connectivity index (χ3v) is 11.2. The van der Waals surface area contributed by atoms with Crippen molar-refractivity contribution in [2.45, 2.75) is 89.7 Å². The summed E-state index contributed by atoms with van der Waals surface area (Å²) >= 11 is 2.10. The van der Waals surface area contributed by atoms with Crippen molar-refractivity contribution in [1.29, 1.82) is 5.26 Å². The van der Waals surface area contributed by atoms with E-state index in [1.54, 1.807) is 6.20 Å². The lowest BCUT2D eigenvalue weighted by Crippen LogP contribution is -2.49. The van der Waals surface area contributed by atoms with Crippen molar-refractivity contribution in [2.75, 3.05) is 0 Å². The van der Waals surface area contributed by atoms with Gasteiger partial charge in [0.15, 0.2) is 0 Å². The fourth-order valence-corrected chi connectivity index (χ4v) is 9.64. The predicted octanol–water partition coefficient (Wildman–Crippen LogP) is 6.49. The number of nitriles is 1. The Balaban J connectivity index is 1.26. The highest BCUT2D eigenvalue weighted by Crippen LogP contribution is 2.65. The van der Waals surface area contributed by atoms with Crippen LogP contribution in [0.25, 0.3) is 0 Å². The molecule has 0 saturated heterocycles. The van der Waals surface area contributed by atoms with Crippen LogP contribution in [0.1, 0.15) is 84.1 Å². The van der Waals surface area contributed by atoms with Crippen LogP contribution in [0, 0.1) is 51.8 Å². The van der Waals surface area contributed by atoms with Gasteiger partial charge in [0.05, 0.1) is 17.6 Å². The molecule has 4 aliphatic rings. The third kappa shape index (κ3) is 3.46. The predicted molar refractivity (Wildman–Crippen MR) is 119 cm³/mol. The first-order valence-electron chi connectivity index (χ1n) is 11.9. The van der Waals surface area contributed by atoms with Crippen molar-refractivity contribution >= 4 is 11.8 Å². The van der Waals surface area contributed by atoms with Gasteiger partial charge in [0.25, 0.3) is 0 Å². The molecule has 4 saturated carbocycles. The molecular weight excluding hydrogens is 374 g/mol. The SMILES string of the molecule is CC1(C)CC[C@H]2[C@H](CC[C@@H]3[C@@H]2CC[C@]2(C)[C@@H](SCn4cc(C#N)cn4)CC[C@@H]32)C1. The molecule has 0 N–H and O–H groups in total. The van der Waals surface area contributed by atoms with Gasteiger partial charge >= 0.3 is 0 Å². The van der Waals surface area contributed by atoms with Gasteiger partial charge < -0.3 is 0 Å². The quantitative estimate of drug-likeness (QED) is 0.570. The molecule has 0 aromatic carbocycles. The van der Waals surface area contributed by atoms with Crippen LogP contribution in [0.5, 0.6) is 0 Å². The van der Waals surface area contributed by atoms with Crippen molar-refractivity contribution in [2.24, 2.45) is 40.4 Å². The van der Waals surface area contributed by atoms with Gasteiger partial charge in [-0.15, -0.1) is 11.8 Å². The van der Waals surface area contributed by atoms with Crippen LogP contribution in [-0.2, 0) is 5.88 Å². The van der Waals surface area contributed by atoms with Crippen LogP contribution in [-0.4, -0.2) is 15.0 Å². The van der Waals surface area contributed by atoms with E-state index in [0.29, 0.717) is 16.4 Å². The Bertz CT molecular complexity index is 792. The third-order valence-electron chi connectivity index (χ3n) is 9.57. The molecule has 1 heterocycles. The van der Waals surface area contributed by atoms with Gasteiger partial charge in [0, 0.05) is 11.4 Å². The average molecular weight is 412 g/mol. The van der Waals surface area contributed by atoms with Gasteiger partial charge in [-0.2, -0.15) is 10.4 Å². The number of aromatic nitrogens is 2. The second kappa shape index (κ2) is 7.33. The Hall–Kier alpha value is -0.950. The smallest absolute Gasteiger partial charge is 0.102 e. The zero-order chi connectivity index (χ0) is 20.2. The fraction of sp³-hybridized carbons (Fsp3) is 0.840. The van der Waals surface area contributed by atoms with Crippen molar-refractivity contribution in [3.05, 3.63) is 18.0 Å². The van der Waals surface area contributed by atoms with Gasteiger partial charge in [-0.25, -0.2) is 0 Å². The van der Waals surface area contributed by atoms with Crippen LogP contribution < -0.4 is 0 Å². The van der Waals surface area contributed by atoms with E-state index in [1.165, 1.54) is 57.8 Å². The first-order chi connectivity index (χ1) is 13.9. The summed E-state index contributed by atoms with van der Waals surface area (Å²) in [6.07, 6.45) is 16.8. The van der Waals surface area contributed by atoms with E-state index in [9.17, 15) is 0 Å². The van der Waals surface area contributed by atoms with E-state index in [4.69, 9.17) is 5.26 Å². The minimum absolute atomic E-state index is 0.512. The monoisotopic (exact) mass is 411 g/mol. The van der Waals surface area contributed by atoms with E-state index in [-0.39, 0.29) is 0 Å². The molecule has 3 nitrogen and oxygen atoms in total. The number of nitrogens with zero attached hydrogens (tertiary/aromatic N) is 3. The summed E-state index contributed by atoms with van der Waals surface area (Å²) in [4.78, 5) is 0. The van der Waals surface area contributed by atoms with Crippen LogP contribution in [0.2, 0.25) is 0 Å². The summed E-state index contributed by atoms with van der Waals surface area (Å²) in [6.45, 7) is 7.63. The molecule has 0 radical (unpaired) electrons. The molecule has 0 spiro atoms. The summed E-state index contributed by atoms with van der Waals surface area (Å²) in [5, 5.41) is 14.2. The lowest BCUT2D eigenvalue weighted by atomic mass is 9.49. The van der Waals surface area contributed by atoms with Crippen molar-refractivity contribution in [3.8, 4) is 6.07 Å². The summed E-state index contributed by atoms with van der Waals surface area (Å²) in [5.74, 6) is 5.91. The van der Waals surface area contributed by atoms with Gasteiger partial charge in [-0.1, -0.05) is 20.8 Å². The molecule has 7 atom stereocenters. The number of hydrogen-bond donors (Lipinski definition) is 0. The lowest BCUT2D eigenvalue weighted by molar-refractivity contribution is -0.0646. The first-order valence-corrected chi connectivity index (χ1v) is 13.0. The van der Waals surface area contributed by atoms with Crippen molar-refractivity contribution in [1.82, 2.24) is 9.78 Å².